The minimum Gasteiger partial charge on any atom is -0.305 e. The molecule has 142 valence electrons. The highest BCUT2D eigenvalue weighted by Gasteiger charge is 2.37. The zero-order valence-electron chi connectivity index (χ0n) is 15.8. The van der Waals surface area contributed by atoms with Gasteiger partial charge in [0, 0.05) is 17.3 Å². The van der Waals surface area contributed by atoms with Crippen LogP contribution in [0.25, 0.3) is 0 Å². The second-order valence-electron chi connectivity index (χ2n) is 7.40. The van der Waals surface area contributed by atoms with E-state index in [4.69, 9.17) is 0 Å². The molecule has 0 fully saturated rings. The fourth-order valence-electron chi connectivity index (χ4n) is 4.22. The van der Waals surface area contributed by atoms with E-state index < -0.39 is 0 Å². The van der Waals surface area contributed by atoms with Gasteiger partial charge >= 0.3 is 0 Å². The van der Waals surface area contributed by atoms with Crippen LogP contribution in [0.2, 0.25) is 0 Å². The summed E-state index contributed by atoms with van der Waals surface area (Å²) < 4.78 is 0. The number of hydrogen-bond donors (Lipinski definition) is 0. The molecule has 3 amide bonds. The van der Waals surface area contributed by atoms with Crippen LogP contribution in [0.1, 0.15) is 43.6 Å². The Balaban J connectivity index is 1.51. The zero-order valence-corrected chi connectivity index (χ0v) is 15.8. The molecule has 1 atom stereocenters. The van der Waals surface area contributed by atoms with Gasteiger partial charge in [0.25, 0.3) is 17.7 Å². The van der Waals surface area contributed by atoms with E-state index in [1.54, 1.807) is 53.4 Å². The Morgan fingerprint density at radius 2 is 1.52 bits per heavy atom. The van der Waals surface area contributed by atoms with E-state index >= 15 is 0 Å². The Bertz CT molecular complexity index is 1150. The lowest BCUT2D eigenvalue weighted by Crippen LogP contribution is -2.36. The van der Waals surface area contributed by atoms with Crippen molar-refractivity contribution in [2.45, 2.75) is 19.4 Å². The molecule has 0 saturated heterocycles. The number of carbonyl (C=O) groups is 3. The average Bonchev–Trinajstić information content (AvgIpc) is 3.21. The maximum atomic E-state index is 13.3. The van der Waals surface area contributed by atoms with Crippen LogP contribution in [-0.4, -0.2) is 23.8 Å². The molecule has 0 unspecified atom stereocenters. The molecule has 0 aliphatic carbocycles. The van der Waals surface area contributed by atoms with Crippen LogP contribution in [0.4, 0.5) is 11.4 Å². The van der Waals surface area contributed by atoms with Crippen molar-refractivity contribution in [3.63, 3.8) is 0 Å². The molecule has 0 aromatic heterocycles. The Kier molecular flexibility index (Phi) is 3.84. The molecule has 2 aliphatic heterocycles. The SMILES string of the molecule is C[C@@H]1Cc2ccccc2N1C(=O)c1cccc(N2C(=O)c3ccccc3C2=O)c1. The highest BCUT2D eigenvalue weighted by molar-refractivity contribution is 6.34. The number of anilines is 2. The summed E-state index contributed by atoms with van der Waals surface area (Å²) in [6.45, 7) is 2.02. The Morgan fingerprint density at radius 1 is 0.862 bits per heavy atom. The van der Waals surface area contributed by atoms with Crippen LogP contribution in [0.5, 0.6) is 0 Å². The summed E-state index contributed by atoms with van der Waals surface area (Å²) in [7, 11) is 0. The van der Waals surface area contributed by atoms with Gasteiger partial charge < -0.3 is 4.90 Å². The number of nitrogens with zero attached hydrogens (tertiary/aromatic N) is 2. The molecule has 0 spiro atoms. The van der Waals surface area contributed by atoms with Gasteiger partial charge in [-0.15, -0.1) is 0 Å². The number of carbonyl (C=O) groups excluding carboxylic acids is 3. The van der Waals surface area contributed by atoms with Gasteiger partial charge in [0.05, 0.1) is 16.8 Å². The monoisotopic (exact) mass is 382 g/mol. The van der Waals surface area contributed by atoms with Crippen LogP contribution in [-0.2, 0) is 6.42 Å². The molecule has 0 saturated carbocycles. The molecule has 0 bridgehead atoms. The lowest BCUT2D eigenvalue weighted by atomic mass is 10.1. The Morgan fingerprint density at radius 3 is 2.24 bits per heavy atom. The topological polar surface area (TPSA) is 57.7 Å². The van der Waals surface area contributed by atoms with Gasteiger partial charge in [-0.25, -0.2) is 4.90 Å². The third-order valence-electron chi connectivity index (χ3n) is 5.57. The van der Waals surface area contributed by atoms with E-state index in [-0.39, 0.29) is 23.8 Å². The summed E-state index contributed by atoms with van der Waals surface area (Å²) in [6.07, 6.45) is 0.806. The van der Waals surface area contributed by atoms with Crippen LogP contribution in [0.15, 0.2) is 72.8 Å². The molecule has 2 heterocycles. The quantitative estimate of drug-likeness (QED) is 0.628. The summed E-state index contributed by atoms with van der Waals surface area (Å²) in [5.41, 5.74) is 3.68. The van der Waals surface area contributed by atoms with E-state index in [9.17, 15) is 14.4 Å². The molecule has 0 radical (unpaired) electrons. The van der Waals surface area contributed by atoms with Gasteiger partial charge in [-0.3, -0.25) is 14.4 Å². The summed E-state index contributed by atoms with van der Waals surface area (Å²) in [4.78, 5) is 41.8. The molecule has 29 heavy (non-hydrogen) atoms. The van der Waals surface area contributed by atoms with E-state index in [1.807, 2.05) is 31.2 Å². The molecule has 2 aliphatic rings. The van der Waals surface area contributed by atoms with E-state index in [0.29, 0.717) is 22.4 Å². The first kappa shape index (κ1) is 17.4. The predicted molar refractivity (Wildman–Crippen MR) is 110 cm³/mol. The van der Waals surface area contributed by atoms with Crippen LogP contribution in [0.3, 0.4) is 0 Å². The van der Waals surface area contributed by atoms with Crippen molar-refractivity contribution in [3.05, 3.63) is 95.1 Å². The number of rotatable bonds is 2. The standard InChI is InChI=1S/C24H18N2O3/c1-15-13-16-7-2-5-12-21(16)25(15)22(27)17-8-6-9-18(14-17)26-23(28)19-10-3-4-11-20(19)24(26)29/h2-12,14-15H,13H2,1H3/t15-/m1/s1. The highest BCUT2D eigenvalue weighted by atomic mass is 16.2. The molecule has 5 nitrogen and oxygen atoms in total. The summed E-state index contributed by atoms with van der Waals surface area (Å²) in [6, 6.07) is 21.4. The van der Waals surface area contributed by atoms with Crippen molar-refractivity contribution in [1.82, 2.24) is 0 Å². The van der Waals surface area contributed by atoms with Gasteiger partial charge in [0.2, 0.25) is 0 Å². The van der Waals surface area contributed by atoms with Crippen LogP contribution >= 0.6 is 0 Å². The van der Waals surface area contributed by atoms with Gasteiger partial charge in [-0.1, -0.05) is 36.4 Å². The third kappa shape index (κ3) is 2.58. The summed E-state index contributed by atoms with van der Waals surface area (Å²) in [5.74, 6) is -0.869. The normalized spacial score (nSPS) is 17.5. The highest BCUT2D eigenvalue weighted by Crippen LogP contribution is 2.34. The lowest BCUT2D eigenvalue weighted by molar-refractivity contribution is 0.0922. The largest absolute Gasteiger partial charge is 0.305 e. The molecule has 5 rings (SSSR count). The first-order valence-corrected chi connectivity index (χ1v) is 9.55. The Hall–Kier alpha value is -3.73. The molecular weight excluding hydrogens is 364 g/mol. The number of benzene rings is 3. The van der Waals surface area contributed by atoms with Crippen molar-refractivity contribution >= 4 is 29.1 Å². The molecular formula is C24H18N2O3. The smallest absolute Gasteiger partial charge is 0.266 e. The fraction of sp³-hybridized carbons (Fsp3) is 0.125. The molecule has 5 heteroatoms. The molecule has 3 aromatic rings. The van der Waals surface area contributed by atoms with Crippen molar-refractivity contribution in [3.8, 4) is 0 Å². The van der Waals surface area contributed by atoms with Crippen LogP contribution < -0.4 is 9.80 Å². The van der Waals surface area contributed by atoms with Crippen LogP contribution in [0, 0.1) is 0 Å². The Labute approximate surface area is 168 Å². The minimum absolute atomic E-state index is 0.0443. The predicted octanol–water partition coefficient (Wildman–Crippen LogP) is 4.08. The van der Waals surface area contributed by atoms with Gasteiger partial charge in [0.15, 0.2) is 0 Å². The third-order valence-corrected chi connectivity index (χ3v) is 5.57. The summed E-state index contributed by atoms with van der Waals surface area (Å²) >= 11 is 0. The second-order valence-corrected chi connectivity index (χ2v) is 7.40. The van der Waals surface area contributed by atoms with Crippen molar-refractivity contribution in [2.75, 3.05) is 9.80 Å². The van der Waals surface area contributed by atoms with Gasteiger partial charge in [0.1, 0.15) is 0 Å². The van der Waals surface area contributed by atoms with Crippen molar-refractivity contribution < 1.29 is 14.4 Å². The summed E-state index contributed by atoms with van der Waals surface area (Å²) in [5, 5.41) is 0. The fourth-order valence-corrected chi connectivity index (χ4v) is 4.22. The van der Waals surface area contributed by atoms with Crippen molar-refractivity contribution in [2.24, 2.45) is 0 Å². The number of amides is 3. The van der Waals surface area contributed by atoms with E-state index in [1.165, 1.54) is 0 Å². The van der Waals surface area contributed by atoms with E-state index in [2.05, 4.69) is 0 Å². The molecule has 0 N–H and O–H groups in total. The minimum atomic E-state index is -0.366. The number of hydrogen-bond acceptors (Lipinski definition) is 3. The molecule has 3 aromatic carbocycles. The van der Waals surface area contributed by atoms with Gasteiger partial charge in [-0.05, 0) is 55.3 Å². The maximum Gasteiger partial charge on any atom is 0.266 e. The lowest BCUT2D eigenvalue weighted by Gasteiger charge is -2.23. The second kappa shape index (κ2) is 6.41. The zero-order chi connectivity index (χ0) is 20.1. The van der Waals surface area contributed by atoms with Crippen molar-refractivity contribution in [1.29, 1.82) is 0 Å². The number of fused-ring (bicyclic) bond motifs is 2. The number of para-hydroxylation sites is 1. The first-order valence-electron chi connectivity index (χ1n) is 9.55. The first-order chi connectivity index (χ1) is 14.1. The maximum absolute atomic E-state index is 13.3. The number of imide groups is 1. The average molecular weight is 382 g/mol. The van der Waals surface area contributed by atoms with Gasteiger partial charge in [-0.2, -0.15) is 0 Å². The van der Waals surface area contributed by atoms with E-state index in [0.717, 1.165) is 22.6 Å².